The van der Waals surface area contributed by atoms with Crippen molar-refractivity contribution in [3.05, 3.63) is 51.5 Å². The van der Waals surface area contributed by atoms with Crippen molar-refractivity contribution in [1.82, 2.24) is 0 Å². The second kappa shape index (κ2) is 8.86. The highest BCUT2D eigenvalue weighted by atomic mass is 35.5. The predicted octanol–water partition coefficient (Wildman–Crippen LogP) is 4.59. The highest BCUT2D eigenvalue weighted by Gasteiger charge is 2.14. The topological polar surface area (TPSA) is 123 Å². The first-order valence-electron chi connectivity index (χ1n) is 7.63. The second-order valence-electron chi connectivity index (χ2n) is 5.38. The van der Waals surface area contributed by atoms with Gasteiger partial charge in [0.2, 0.25) is 5.91 Å². The van der Waals surface area contributed by atoms with Crippen molar-refractivity contribution in [2.24, 2.45) is 10.2 Å². The Kier molecular flexibility index (Phi) is 6.56. The van der Waals surface area contributed by atoms with E-state index in [1.165, 1.54) is 32.2 Å². The van der Waals surface area contributed by atoms with Gasteiger partial charge in [0.1, 0.15) is 16.6 Å². The average Bonchev–Trinajstić information content (AvgIpc) is 2.59. The summed E-state index contributed by atoms with van der Waals surface area (Å²) in [6.07, 6.45) is -0.272. The van der Waals surface area contributed by atoms with Gasteiger partial charge >= 0.3 is 0 Å². The summed E-state index contributed by atoms with van der Waals surface area (Å²) in [5, 5.41) is 21.4. The maximum absolute atomic E-state index is 11.9. The molecule has 2 aromatic rings. The van der Waals surface area contributed by atoms with E-state index in [2.05, 4.69) is 15.5 Å². The molecule has 0 aliphatic carbocycles. The first kappa shape index (κ1) is 20.0. The normalized spacial score (nSPS) is 10.6. The number of ketones is 1. The molecule has 0 fully saturated rings. The van der Waals surface area contributed by atoms with Crippen LogP contribution >= 0.6 is 11.6 Å². The number of nitro benzene ring substituents is 1. The minimum absolute atomic E-state index is 0.0774. The lowest BCUT2D eigenvalue weighted by Gasteiger charge is -2.10. The molecule has 10 heteroatoms. The van der Waals surface area contributed by atoms with Gasteiger partial charge in [-0.1, -0.05) is 17.7 Å². The number of nitrogens with zero attached hydrogens (tertiary/aromatic N) is 3. The van der Waals surface area contributed by atoms with Gasteiger partial charge in [-0.3, -0.25) is 19.7 Å². The number of halogens is 1. The summed E-state index contributed by atoms with van der Waals surface area (Å²) in [6, 6.07) is 8.75. The van der Waals surface area contributed by atoms with Crippen LogP contribution in [0.15, 0.2) is 46.6 Å². The molecule has 1 N–H and O–H groups in total. The van der Waals surface area contributed by atoms with Gasteiger partial charge in [0, 0.05) is 6.07 Å². The van der Waals surface area contributed by atoms with Gasteiger partial charge in [-0.2, -0.15) is 5.11 Å². The third-order valence-corrected chi connectivity index (χ3v) is 3.60. The summed E-state index contributed by atoms with van der Waals surface area (Å²) in [7, 11) is 1.43. The van der Waals surface area contributed by atoms with Crippen LogP contribution in [0.2, 0.25) is 5.02 Å². The van der Waals surface area contributed by atoms with Crippen molar-refractivity contribution >= 4 is 46.0 Å². The van der Waals surface area contributed by atoms with E-state index in [1.807, 2.05) is 0 Å². The van der Waals surface area contributed by atoms with Gasteiger partial charge in [0.05, 0.1) is 29.8 Å². The SMILES string of the molecule is COc1cccc(NC(=O)CC(C)=O)c1N=Nc1ccc([N+](=O)[O-])c(Cl)c1. The quantitative estimate of drug-likeness (QED) is 0.320. The molecule has 9 nitrogen and oxygen atoms in total. The number of azo groups is 1. The fourth-order valence-electron chi connectivity index (χ4n) is 2.13. The Hall–Kier alpha value is -3.33. The number of nitrogens with one attached hydrogen (secondary N) is 1. The molecule has 0 spiro atoms. The van der Waals surface area contributed by atoms with E-state index in [0.29, 0.717) is 11.4 Å². The molecule has 140 valence electrons. The molecule has 0 unspecified atom stereocenters. The largest absolute Gasteiger partial charge is 0.494 e. The summed E-state index contributed by atoms with van der Waals surface area (Å²) in [6.45, 7) is 1.31. The van der Waals surface area contributed by atoms with E-state index in [0.717, 1.165) is 0 Å². The lowest BCUT2D eigenvalue weighted by atomic mass is 10.2. The Balaban J connectivity index is 2.35. The Labute approximate surface area is 159 Å². The smallest absolute Gasteiger partial charge is 0.288 e. The van der Waals surface area contributed by atoms with E-state index in [4.69, 9.17) is 16.3 Å². The Morgan fingerprint density at radius 2 is 2.00 bits per heavy atom. The van der Waals surface area contributed by atoms with Crippen LogP contribution in [0.3, 0.4) is 0 Å². The zero-order valence-electron chi connectivity index (χ0n) is 14.4. The van der Waals surface area contributed by atoms with E-state index in [1.54, 1.807) is 18.2 Å². The van der Waals surface area contributed by atoms with Crippen molar-refractivity contribution in [2.75, 3.05) is 12.4 Å². The molecule has 0 heterocycles. The Morgan fingerprint density at radius 3 is 2.59 bits per heavy atom. The lowest BCUT2D eigenvalue weighted by molar-refractivity contribution is -0.384. The van der Waals surface area contributed by atoms with Crippen LogP contribution in [0.1, 0.15) is 13.3 Å². The molecule has 1 amide bonds. The van der Waals surface area contributed by atoms with Gasteiger partial charge < -0.3 is 10.1 Å². The van der Waals surface area contributed by atoms with E-state index < -0.39 is 10.8 Å². The van der Waals surface area contributed by atoms with Crippen LogP contribution in [-0.4, -0.2) is 23.7 Å². The molecule has 27 heavy (non-hydrogen) atoms. The first-order valence-corrected chi connectivity index (χ1v) is 8.01. The molecule has 0 aliphatic rings. The van der Waals surface area contributed by atoms with Crippen molar-refractivity contribution in [2.45, 2.75) is 13.3 Å². The number of methoxy groups -OCH3 is 1. The number of anilines is 1. The molecule has 2 rings (SSSR count). The molecular weight excluding hydrogens is 376 g/mol. The second-order valence-corrected chi connectivity index (χ2v) is 5.78. The van der Waals surface area contributed by atoms with E-state index in [-0.39, 0.29) is 34.3 Å². The van der Waals surface area contributed by atoms with Gasteiger partial charge in [-0.25, -0.2) is 0 Å². The number of benzene rings is 2. The molecule has 2 aromatic carbocycles. The maximum Gasteiger partial charge on any atom is 0.288 e. The standard InChI is InChI=1S/C17H15ClN4O5/c1-10(23)8-16(24)19-13-4-3-5-15(27-2)17(13)21-20-11-6-7-14(22(25)26)12(18)9-11/h3-7,9H,8H2,1-2H3,(H,19,24). The number of carbonyl (C=O) groups is 2. The van der Waals surface area contributed by atoms with Crippen molar-refractivity contribution < 1.29 is 19.2 Å². The molecule has 0 bridgehead atoms. The van der Waals surface area contributed by atoms with Crippen LogP contribution in [0.4, 0.5) is 22.7 Å². The zero-order valence-corrected chi connectivity index (χ0v) is 15.2. The van der Waals surface area contributed by atoms with Crippen LogP contribution in [0.25, 0.3) is 0 Å². The monoisotopic (exact) mass is 390 g/mol. The molecule has 0 radical (unpaired) electrons. The van der Waals surface area contributed by atoms with Gasteiger partial charge in [0.15, 0.2) is 5.69 Å². The third kappa shape index (κ3) is 5.32. The lowest BCUT2D eigenvalue weighted by Crippen LogP contribution is -2.14. The maximum atomic E-state index is 11.9. The Morgan fingerprint density at radius 1 is 1.26 bits per heavy atom. The van der Waals surface area contributed by atoms with E-state index >= 15 is 0 Å². The number of rotatable bonds is 7. The van der Waals surface area contributed by atoms with Crippen molar-refractivity contribution in [3.63, 3.8) is 0 Å². The zero-order chi connectivity index (χ0) is 20.0. The Bertz CT molecular complexity index is 930. The number of Topliss-reactive ketones (excluding diaryl/α,β-unsaturated/α-hetero) is 1. The van der Waals surface area contributed by atoms with Crippen LogP contribution in [0, 0.1) is 10.1 Å². The third-order valence-electron chi connectivity index (χ3n) is 3.30. The van der Waals surface area contributed by atoms with Crippen LogP contribution in [0.5, 0.6) is 5.75 Å². The molecule has 0 aliphatic heterocycles. The van der Waals surface area contributed by atoms with Gasteiger partial charge in [0.25, 0.3) is 5.69 Å². The van der Waals surface area contributed by atoms with E-state index in [9.17, 15) is 19.7 Å². The minimum atomic E-state index is -0.605. The van der Waals surface area contributed by atoms with Crippen molar-refractivity contribution in [1.29, 1.82) is 0 Å². The minimum Gasteiger partial charge on any atom is -0.494 e. The highest BCUT2D eigenvalue weighted by Crippen LogP contribution is 2.37. The summed E-state index contributed by atoms with van der Waals surface area (Å²) in [4.78, 5) is 33.2. The number of carbonyl (C=O) groups excluding carboxylic acids is 2. The first-order chi connectivity index (χ1) is 12.8. The summed E-state index contributed by atoms with van der Waals surface area (Å²) in [5.74, 6) is -0.433. The number of amides is 1. The van der Waals surface area contributed by atoms with Crippen LogP contribution < -0.4 is 10.1 Å². The van der Waals surface area contributed by atoms with Crippen molar-refractivity contribution in [3.8, 4) is 5.75 Å². The summed E-state index contributed by atoms with van der Waals surface area (Å²) < 4.78 is 5.22. The highest BCUT2D eigenvalue weighted by molar-refractivity contribution is 6.32. The molecule has 0 saturated heterocycles. The number of nitro groups is 1. The van der Waals surface area contributed by atoms with Crippen LogP contribution in [-0.2, 0) is 9.59 Å². The predicted molar refractivity (Wildman–Crippen MR) is 99.2 cm³/mol. The fourth-order valence-corrected chi connectivity index (χ4v) is 2.37. The van der Waals surface area contributed by atoms with Gasteiger partial charge in [-0.05, 0) is 31.2 Å². The summed E-state index contributed by atoms with van der Waals surface area (Å²) >= 11 is 5.86. The fraction of sp³-hybridized carbons (Fsp3) is 0.176. The molecule has 0 aromatic heterocycles. The summed E-state index contributed by atoms with van der Waals surface area (Å²) in [5.41, 5.74) is 0.561. The number of hydrogen-bond acceptors (Lipinski definition) is 7. The molecular formula is C17H15ClN4O5. The molecule has 0 atom stereocenters. The number of hydrogen-bond donors (Lipinski definition) is 1. The average molecular weight is 391 g/mol. The number of ether oxygens (including phenoxy) is 1. The van der Waals surface area contributed by atoms with Gasteiger partial charge in [-0.15, -0.1) is 5.11 Å². The molecule has 0 saturated carbocycles.